The molecule has 0 aromatic heterocycles. The second kappa shape index (κ2) is 3.58. The number of ketones is 1. The Balaban J connectivity index is 2.09. The monoisotopic (exact) mass is 210 g/mol. The van der Waals surface area contributed by atoms with E-state index in [1.54, 1.807) is 0 Å². The van der Waals surface area contributed by atoms with Gasteiger partial charge in [-0.3, -0.25) is 4.79 Å². The largest absolute Gasteiger partial charge is 0.381 e. The van der Waals surface area contributed by atoms with E-state index < -0.39 is 0 Å². The summed E-state index contributed by atoms with van der Waals surface area (Å²) in [6.07, 6.45) is 4.41. The number of hydrogen-bond donors (Lipinski definition) is 0. The van der Waals surface area contributed by atoms with Crippen molar-refractivity contribution in [2.24, 2.45) is 16.7 Å². The van der Waals surface area contributed by atoms with Gasteiger partial charge in [0.1, 0.15) is 5.78 Å². The Morgan fingerprint density at radius 1 is 1.20 bits per heavy atom. The molecule has 0 aromatic carbocycles. The molecule has 2 aliphatic rings. The lowest BCUT2D eigenvalue weighted by molar-refractivity contribution is -0.135. The van der Waals surface area contributed by atoms with Crippen LogP contribution in [-0.2, 0) is 9.53 Å². The Hall–Kier alpha value is -0.370. The average Bonchev–Trinajstić information content (AvgIpc) is 2.97. The number of Topliss-reactive ketones (excluding diaryl/α,β-unsaturated/α-hetero) is 1. The first-order valence-corrected chi connectivity index (χ1v) is 6.09. The van der Waals surface area contributed by atoms with E-state index in [1.165, 1.54) is 0 Å². The van der Waals surface area contributed by atoms with E-state index >= 15 is 0 Å². The summed E-state index contributed by atoms with van der Waals surface area (Å²) >= 11 is 0. The maximum absolute atomic E-state index is 12.4. The Kier molecular flexibility index (Phi) is 2.66. The van der Waals surface area contributed by atoms with Gasteiger partial charge in [0.25, 0.3) is 0 Å². The predicted octanol–water partition coefficient (Wildman–Crippen LogP) is 2.81. The van der Waals surface area contributed by atoms with Gasteiger partial charge in [0, 0.05) is 24.0 Å². The molecular weight excluding hydrogens is 188 g/mol. The van der Waals surface area contributed by atoms with Crippen LogP contribution in [0, 0.1) is 16.7 Å². The number of hydrogen-bond acceptors (Lipinski definition) is 2. The normalized spacial score (nSPS) is 26.3. The van der Waals surface area contributed by atoms with Gasteiger partial charge < -0.3 is 4.74 Å². The molecule has 2 heteroatoms. The molecule has 1 aliphatic carbocycles. The van der Waals surface area contributed by atoms with Crippen molar-refractivity contribution in [3.8, 4) is 0 Å². The van der Waals surface area contributed by atoms with Crippen molar-refractivity contribution < 1.29 is 9.53 Å². The van der Waals surface area contributed by atoms with E-state index in [0.717, 1.165) is 38.9 Å². The summed E-state index contributed by atoms with van der Waals surface area (Å²) in [5, 5.41) is 0. The van der Waals surface area contributed by atoms with Gasteiger partial charge in [-0.05, 0) is 31.6 Å². The van der Waals surface area contributed by atoms with Crippen LogP contribution in [0.3, 0.4) is 0 Å². The second-order valence-electron chi connectivity index (χ2n) is 6.12. The second-order valence-corrected chi connectivity index (χ2v) is 6.12. The maximum Gasteiger partial charge on any atom is 0.144 e. The lowest BCUT2D eigenvalue weighted by atomic mass is 9.72. The van der Waals surface area contributed by atoms with E-state index in [4.69, 9.17) is 4.74 Å². The fourth-order valence-electron chi connectivity index (χ4n) is 2.95. The molecule has 0 amide bonds. The Bertz CT molecular complexity index is 252. The van der Waals surface area contributed by atoms with Crippen LogP contribution in [-0.4, -0.2) is 19.0 Å². The summed E-state index contributed by atoms with van der Waals surface area (Å²) < 4.78 is 5.38. The van der Waals surface area contributed by atoms with Gasteiger partial charge in [-0.1, -0.05) is 20.8 Å². The van der Waals surface area contributed by atoms with Crippen molar-refractivity contribution in [2.75, 3.05) is 13.2 Å². The van der Waals surface area contributed by atoms with Crippen molar-refractivity contribution in [1.82, 2.24) is 0 Å². The molecule has 2 rings (SSSR count). The van der Waals surface area contributed by atoms with Gasteiger partial charge in [-0.25, -0.2) is 0 Å². The molecule has 1 saturated carbocycles. The van der Waals surface area contributed by atoms with Crippen LogP contribution >= 0.6 is 0 Å². The van der Waals surface area contributed by atoms with Gasteiger partial charge in [0.15, 0.2) is 0 Å². The third-order valence-electron chi connectivity index (χ3n) is 3.92. The Morgan fingerprint density at radius 2 is 1.73 bits per heavy atom. The zero-order valence-corrected chi connectivity index (χ0v) is 10.1. The van der Waals surface area contributed by atoms with Crippen molar-refractivity contribution in [1.29, 1.82) is 0 Å². The molecule has 0 spiro atoms. The molecule has 1 saturated heterocycles. The molecule has 0 atom stereocenters. The van der Waals surface area contributed by atoms with Crippen molar-refractivity contribution >= 4 is 5.78 Å². The summed E-state index contributed by atoms with van der Waals surface area (Å²) in [4.78, 5) is 12.4. The fraction of sp³-hybridized carbons (Fsp3) is 0.923. The molecule has 15 heavy (non-hydrogen) atoms. The summed E-state index contributed by atoms with van der Waals surface area (Å²) in [6, 6.07) is 0. The van der Waals surface area contributed by atoms with Crippen LogP contribution in [0.2, 0.25) is 0 Å². The van der Waals surface area contributed by atoms with Gasteiger partial charge in [0.05, 0.1) is 0 Å². The molecule has 2 nitrogen and oxygen atoms in total. The van der Waals surface area contributed by atoms with Crippen LogP contribution in [0.25, 0.3) is 0 Å². The molecule has 1 heterocycles. The highest BCUT2D eigenvalue weighted by Gasteiger charge is 2.57. The lowest BCUT2D eigenvalue weighted by Crippen LogP contribution is -2.37. The van der Waals surface area contributed by atoms with E-state index in [-0.39, 0.29) is 10.8 Å². The number of ether oxygens (including phenoxy) is 1. The quantitative estimate of drug-likeness (QED) is 0.700. The van der Waals surface area contributed by atoms with E-state index in [0.29, 0.717) is 11.7 Å². The molecule has 2 fully saturated rings. The first-order chi connectivity index (χ1) is 6.97. The van der Waals surface area contributed by atoms with Crippen LogP contribution in [0.4, 0.5) is 0 Å². The van der Waals surface area contributed by atoms with Gasteiger partial charge in [-0.15, -0.1) is 0 Å². The molecule has 0 unspecified atom stereocenters. The first kappa shape index (κ1) is 11.1. The maximum atomic E-state index is 12.4. The third-order valence-corrected chi connectivity index (χ3v) is 3.92. The molecule has 0 bridgehead atoms. The average molecular weight is 210 g/mol. The van der Waals surface area contributed by atoms with E-state index in [2.05, 4.69) is 20.8 Å². The first-order valence-electron chi connectivity index (χ1n) is 6.09. The zero-order valence-electron chi connectivity index (χ0n) is 10.1. The highest BCUT2D eigenvalue weighted by molar-refractivity contribution is 5.92. The number of carbonyl (C=O) groups excluding carboxylic acids is 1. The highest BCUT2D eigenvalue weighted by atomic mass is 16.5. The van der Waals surface area contributed by atoms with Crippen molar-refractivity contribution in [2.45, 2.75) is 46.5 Å². The van der Waals surface area contributed by atoms with Gasteiger partial charge in [-0.2, -0.15) is 0 Å². The van der Waals surface area contributed by atoms with Crippen molar-refractivity contribution in [3.63, 3.8) is 0 Å². The Labute approximate surface area is 92.4 Å². The van der Waals surface area contributed by atoms with Crippen LogP contribution in [0.1, 0.15) is 46.5 Å². The fourth-order valence-corrected chi connectivity index (χ4v) is 2.95. The summed E-state index contributed by atoms with van der Waals surface area (Å²) in [5.74, 6) is 1.08. The van der Waals surface area contributed by atoms with Gasteiger partial charge in [0.2, 0.25) is 0 Å². The number of rotatable bonds is 2. The third kappa shape index (κ3) is 1.96. The molecule has 1 aliphatic heterocycles. The number of carbonyl (C=O) groups is 1. The molecule has 0 N–H and O–H groups in total. The minimum atomic E-state index is -0.172. The summed E-state index contributed by atoms with van der Waals surface area (Å²) in [5.41, 5.74) is -0.128. The van der Waals surface area contributed by atoms with Crippen LogP contribution < -0.4 is 0 Å². The minimum absolute atomic E-state index is 0.0437. The highest BCUT2D eigenvalue weighted by Crippen LogP contribution is 2.58. The zero-order chi connectivity index (χ0) is 11.1. The van der Waals surface area contributed by atoms with Crippen LogP contribution in [0.15, 0.2) is 0 Å². The molecular formula is C13H22O2. The predicted molar refractivity (Wildman–Crippen MR) is 59.7 cm³/mol. The van der Waals surface area contributed by atoms with Gasteiger partial charge >= 0.3 is 0 Å². The summed E-state index contributed by atoms with van der Waals surface area (Å²) in [7, 11) is 0. The van der Waals surface area contributed by atoms with Crippen LogP contribution in [0.5, 0.6) is 0 Å². The van der Waals surface area contributed by atoms with E-state index in [9.17, 15) is 4.79 Å². The standard InChI is InChI=1S/C13H22O2/c1-12(2,3)11(14)13(6-7-13)10-4-8-15-9-5-10/h10H,4-9H2,1-3H3. The van der Waals surface area contributed by atoms with E-state index in [1.807, 2.05) is 0 Å². The summed E-state index contributed by atoms with van der Waals surface area (Å²) in [6.45, 7) is 7.85. The minimum Gasteiger partial charge on any atom is -0.381 e. The SMILES string of the molecule is CC(C)(C)C(=O)C1(C2CCOCC2)CC1. The smallest absolute Gasteiger partial charge is 0.144 e. The Morgan fingerprint density at radius 3 is 2.13 bits per heavy atom. The van der Waals surface area contributed by atoms with Crippen molar-refractivity contribution in [3.05, 3.63) is 0 Å². The topological polar surface area (TPSA) is 26.3 Å². The molecule has 0 aromatic rings. The molecule has 0 radical (unpaired) electrons. The lowest BCUT2D eigenvalue weighted by Gasteiger charge is -2.33. The molecule has 86 valence electrons.